The maximum atomic E-state index is 11.9. The number of carbonyl (C=O) groups is 2. The summed E-state index contributed by atoms with van der Waals surface area (Å²) < 4.78 is 10.1. The van der Waals surface area contributed by atoms with Crippen LogP contribution in [0.3, 0.4) is 0 Å². The number of benzene rings is 1. The Morgan fingerprint density at radius 3 is 2.38 bits per heavy atom. The Labute approximate surface area is 143 Å². The highest BCUT2D eigenvalue weighted by Gasteiger charge is 2.26. The van der Waals surface area contributed by atoms with Gasteiger partial charge in [0.1, 0.15) is 5.60 Å². The van der Waals surface area contributed by atoms with Crippen LogP contribution in [0.4, 0.5) is 4.79 Å². The molecule has 24 heavy (non-hydrogen) atoms. The zero-order valence-electron chi connectivity index (χ0n) is 14.9. The summed E-state index contributed by atoms with van der Waals surface area (Å²) >= 11 is 0. The van der Waals surface area contributed by atoms with Gasteiger partial charge in [0, 0.05) is 6.04 Å². The second-order valence-electron chi connectivity index (χ2n) is 7.32. The molecule has 1 aliphatic rings. The third kappa shape index (κ3) is 5.25. The fourth-order valence-electron chi connectivity index (χ4n) is 3.11. The predicted octanol–water partition coefficient (Wildman–Crippen LogP) is 4.02. The molecule has 1 aromatic carbocycles. The molecule has 2 atom stereocenters. The molecule has 1 N–H and O–H groups in total. The van der Waals surface area contributed by atoms with Gasteiger partial charge in [0.2, 0.25) is 0 Å². The van der Waals surface area contributed by atoms with Crippen LogP contribution in [-0.2, 0) is 9.47 Å². The van der Waals surface area contributed by atoms with Gasteiger partial charge in [-0.2, -0.15) is 0 Å². The lowest BCUT2D eigenvalue weighted by atomic mass is 9.81. The summed E-state index contributed by atoms with van der Waals surface area (Å²) in [6.07, 6.45) is 3.65. The van der Waals surface area contributed by atoms with Crippen molar-refractivity contribution in [2.45, 2.75) is 64.0 Å². The van der Waals surface area contributed by atoms with E-state index in [0.29, 0.717) is 11.5 Å². The highest BCUT2D eigenvalue weighted by molar-refractivity contribution is 5.89. The molecule has 0 heterocycles. The highest BCUT2D eigenvalue weighted by atomic mass is 16.6. The zero-order chi connectivity index (χ0) is 17.7. The van der Waals surface area contributed by atoms with E-state index in [-0.39, 0.29) is 18.1 Å². The number of amides is 1. The second-order valence-corrected chi connectivity index (χ2v) is 7.32. The van der Waals surface area contributed by atoms with Crippen molar-refractivity contribution in [1.82, 2.24) is 5.32 Å². The molecule has 0 aliphatic heterocycles. The maximum Gasteiger partial charge on any atom is 0.407 e. The quantitative estimate of drug-likeness (QED) is 0.848. The normalized spacial score (nSPS) is 21.0. The van der Waals surface area contributed by atoms with Crippen molar-refractivity contribution in [3.8, 4) is 0 Å². The van der Waals surface area contributed by atoms with E-state index in [2.05, 4.69) is 5.32 Å². The first-order valence-electron chi connectivity index (χ1n) is 8.46. The molecular weight excluding hydrogens is 306 g/mol. The summed E-state index contributed by atoms with van der Waals surface area (Å²) in [5.74, 6) is 0.0556. The molecule has 132 valence electrons. The molecule has 2 rings (SSSR count). The van der Waals surface area contributed by atoms with Crippen molar-refractivity contribution < 1.29 is 19.1 Å². The average Bonchev–Trinajstić information content (AvgIpc) is 2.52. The molecule has 0 bridgehead atoms. The minimum atomic E-state index is -0.484. The molecule has 0 spiro atoms. The first-order chi connectivity index (χ1) is 11.3. The second kappa shape index (κ2) is 7.69. The van der Waals surface area contributed by atoms with Crippen LogP contribution in [0.1, 0.15) is 68.3 Å². The summed E-state index contributed by atoms with van der Waals surface area (Å²) in [5, 5.41) is 2.98. The number of methoxy groups -OCH3 is 1. The average molecular weight is 333 g/mol. The van der Waals surface area contributed by atoms with Crippen LogP contribution in [-0.4, -0.2) is 30.8 Å². The minimum absolute atomic E-state index is 0.124. The van der Waals surface area contributed by atoms with Gasteiger partial charge in [-0.3, -0.25) is 0 Å². The lowest BCUT2D eigenvalue weighted by molar-refractivity contribution is 0.0489. The van der Waals surface area contributed by atoms with Crippen LogP contribution < -0.4 is 5.32 Å². The zero-order valence-corrected chi connectivity index (χ0v) is 14.9. The molecule has 1 aliphatic carbocycles. The predicted molar refractivity (Wildman–Crippen MR) is 92.1 cm³/mol. The van der Waals surface area contributed by atoms with Gasteiger partial charge >= 0.3 is 12.1 Å². The summed E-state index contributed by atoms with van der Waals surface area (Å²) in [6, 6.07) is 7.68. The topological polar surface area (TPSA) is 64.6 Å². The van der Waals surface area contributed by atoms with Crippen LogP contribution in [0, 0.1) is 0 Å². The van der Waals surface area contributed by atoms with Crippen LogP contribution >= 0.6 is 0 Å². The van der Waals surface area contributed by atoms with Crippen molar-refractivity contribution in [3.05, 3.63) is 35.4 Å². The smallest absolute Gasteiger partial charge is 0.407 e. The van der Waals surface area contributed by atoms with Gasteiger partial charge in [-0.05, 0) is 63.6 Å². The number of alkyl carbamates (subject to hydrolysis) is 1. The van der Waals surface area contributed by atoms with E-state index in [4.69, 9.17) is 9.47 Å². The third-order valence-corrected chi connectivity index (χ3v) is 4.20. The van der Waals surface area contributed by atoms with Crippen LogP contribution in [0.5, 0.6) is 0 Å². The summed E-state index contributed by atoms with van der Waals surface area (Å²) in [6.45, 7) is 5.58. The Morgan fingerprint density at radius 1 is 1.12 bits per heavy atom. The fourth-order valence-corrected chi connectivity index (χ4v) is 3.11. The lowest BCUT2D eigenvalue weighted by Gasteiger charge is -2.31. The Bertz CT molecular complexity index is 574. The van der Waals surface area contributed by atoms with Crippen LogP contribution in [0.25, 0.3) is 0 Å². The van der Waals surface area contributed by atoms with Gasteiger partial charge in [0.15, 0.2) is 0 Å². The van der Waals surface area contributed by atoms with E-state index in [1.165, 1.54) is 12.7 Å². The Morgan fingerprint density at radius 2 is 1.79 bits per heavy atom. The number of nitrogens with one attached hydrogen (secondary N) is 1. The Balaban J connectivity index is 1.95. The minimum Gasteiger partial charge on any atom is -0.465 e. The molecule has 1 amide bonds. The molecular formula is C19H27NO4. The molecule has 0 aromatic heterocycles. The van der Waals surface area contributed by atoms with Crippen LogP contribution in [0.15, 0.2) is 24.3 Å². The molecule has 1 fully saturated rings. The van der Waals surface area contributed by atoms with Crippen molar-refractivity contribution in [3.63, 3.8) is 0 Å². The number of esters is 1. The van der Waals surface area contributed by atoms with E-state index in [0.717, 1.165) is 25.7 Å². The van der Waals surface area contributed by atoms with E-state index < -0.39 is 5.60 Å². The van der Waals surface area contributed by atoms with Gasteiger partial charge in [0.05, 0.1) is 12.7 Å². The molecule has 0 unspecified atom stereocenters. The lowest BCUT2D eigenvalue weighted by Crippen LogP contribution is -2.41. The van der Waals surface area contributed by atoms with Gasteiger partial charge in [-0.1, -0.05) is 18.6 Å². The van der Waals surface area contributed by atoms with Gasteiger partial charge in [-0.15, -0.1) is 0 Å². The number of rotatable bonds is 3. The summed E-state index contributed by atoms with van der Waals surface area (Å²) in [4.78, 5) is 23.4. The van der Waals surface area contributed by atoms with Gasteiger partial charge in [-0.25, -0.2) is 9.59 Å². The largest absolute Gasteiger partial charge is 0.465 e. The van der Waals surface area contributed by atoms with Crippen molar-refractivity contribution >= 4 is 12.1 Å². The monoisotopic (exact) mass is 333 g/mol. The molecule has 0 saturated heterocycles. The van der Waals surface area contributed by atoms with Crippen LogP contribution in [0.2, 0.25) is 0 Å². The summed E-state index contributed by atoms with van der Waals surface area (Å²) in [5.41, 5.74) is 1.26. The molecule has 1 aromatic rings. The highest BCUT2D eigenvalue weighted by Crippen LogP contribution is 2.33. The van der Waals surface area contributed by atoms with Crippen molar-refractivity contribution in [2.24, 2.45) is 0 Å². The Hall–Kier alpha value is -2.04. The van der Waals surface area contributed by atoms with Gasteiger partial charge in [0.25, 0.3) is 0 Å². The number of hydrogen-bond acceptors (Lipinski definition) is 4. The molecule has 1 saturated carbocycles. The number of hydrogen-bond donors (Lipinski definition) is 1. The molecule has 5 nitrogen and oxygen atoms in total. The fraction of sp³-hybridized carbons (Fsp3) is 0.579. The Kier molecular flexibility index (Phi) is 5.86. The SMILES string of the molecule is COC(=O)c1ccc([C@@H]2CCC[C@H](NC(=O)OC(C)(C)C)C2)cc1. The van der Waals surface area contributed by atoms with E-state index in [9.17, 15) is 9.59 Å². The first kappa shape index (κ1) is 18.3. The first-order valence-corrected chi connectivity index (χ1v) is 8.46. The van der Waals surface area contributed by atoms with E-state index in [1.807, 2.05) is 32.9 Å². The summed E-state index contributed by atoms with van der Waals surface area (Å²) in [7, 11) is 1.38. The molecule has 5 heteroatoms. The van der Waals surface area contributed by atoms with Crippen molar-refractivity contribution in [1.29, 1.82) is 0 Å². The maximum absolute atomic E-state index is 11.9. The third-order valence-electron chi connectivity index (χ3n) is 4.20. The number of ether oxygens (including phenoxy) is 2. The van der Waals surface area contributed by atoms with Crippen molar-refractivity contribution in [2.75, 3.05) is 7.11 Å². The van der Waals surface area contributed by atoms with E-state index in [1.54, 1.807) is 12.1 Å². The number of carbonyl (C=O) groups excluding carboxylic acids is 2. The van der Waals surface area contributed by atoms with Gasteiger partial charge < -0.3 is 14.8 Å². The standard InChI is InChI=1S/C19H27NO4/c1-19(2,3)24-18(22)20-16-7-5-6-15(12-16)13-8-10-14(11-9-13)17(21)23-4/h8-11,15-16H,5-7,12H2,1-4H3,(H,20,22)/t15-,16+/m1/s1. The molecule has 0 radical (unpaired) electrons. The van der Waals surface area contributed by atoms with E-state index >= 15 is 0 Å².